The third kappa shape index (κ3) is 4.10. The van der Waals surface area contributed by atoms with Crippen LogP contribution in [0.25, 0.3) is 0 Å². The SMILES string of the molecule is CNc1cccc(NC(=O)CN2CCCC2C(F)(F)F)c1. The fourth-order valence-electron chi connectivity index (χ4n) is 2.52. The summed E-state index contributed by atoms with van der Waals surface area (Å²) in [5, 5.41) is 5.56. The highest BCUT2D eigenvalue weighted by Crippen LogP contribution is 2.32. The van der Waals surface area contributed by atoms with Gasteiger partial charge in [-0.05, 0) is 37.6 Å². The van der Waals surface area contributed by atoms with Crippen LogP contribution in [0.15, 0.2) is 24.3 Å². The van der Waals surface area contributed by atoms with Crippen molar-refractivity contribution in [2.75, 3.05) is 30.8 Å². The summed E-state index contributed by atoms with van der Waals surface area (Å²) in [6.07, 6.45) is -3.75. The van der Waals surface area contributed by atoms with E-state index in [1.54, 1.807) is 25.2 Å². The van der Waals surface area contributed by atoms with E-state index in [0.29, 0.717) is 18.7 Å². The van der Waals surface area contributed by atoms with Gasteiger partial charge in [-0.15, -0.1) is 0 Å². The van der Waals surface area contributed by atoms with Gasteiger partial charge in [-0.3, -0.25) is 9.69 Å². The summed E-state index contributed by atoms with van der Waals surface area (Å²) in [7, 11) is 1.75. The number of nitrogens with zero attached hydrogens (tertiary/aromatic N) is 1. The Balaban J connectivity index is 1.95. The minimum Gasteiger partial charge on any atom is -0.388 e. The standard InChI is InChI=1S/C14H18F3N3O/c1-18-10-4-2-5-11(8-10)19-13(21)9-20-7-3-6-12(20)14(15,16)17/h2,4-5,8,12,18H,3,6-7,9H2,1H3,(H,19,21). The number of halogens is 3. The number of likely N-dealkylation sites (tertiary alicyclic amines) is 1. The summed E-state index contributed by atoms with van der Waals surface area (Å²) in [4.78, 5) is 13.1. The maximum absolute atomic E-state index is 12.8. The summed E-state index contributed by atoms with van der Waals surface area (Å²) < 4.78 is 38.4. The van der Waals surface area contributed by atoms with E-state index in [2.05, 4.69) is 10.6 Å². The molecular weight excluding hydrogens is 283 g/mol. The number of benzene rings is 1. The average Bonchev–Trinajstić information content (AvgIpc) is 2.86. The molecule has 4 nitrogen and oxygen atoms in total. The zero-order valence-electron chi connectivity index (χ0n) is 11.7. The summed E-state index contributed by atoms with van der Waals surface area (Å²) in [5.74, 6) is -0.431. The monoisotopic (exact) mass is 301 g/mol. The molecule has 1 atom stereocenters. The number of carbonyl (C=O) groups excluding carboxylic acids is 1. The smallest absolute Gasteiger partial charge is 0.388 e. The number of nitrogens with one attached hydrogen (secondary N) is 2. The zero-order valence-corrected chi connectivity index (χ0v) is 11.7. The third-order valence-corrected chi connectivity index (χ3v) is 3.52. The summed E-state index contributed by atoms with van der Waals surface area (Å²) in [6, 6.07) is 5.51. The molecule has 0 radical (unpaired) electrons. The number of hydrogen-bond donors (Lipinski definition) is 2. The van der Waals surface area contributed by atoms with E-state index in [-0.39, 0.29) is 13.0 Å². The Morgan fingerprint density at radius 1 is 1.38 bits per heavy atom. The first-order valence-electron chi connectivity index (χ1n) is 6.78. The quantitative estimate of drug-likeness (QED) is 0.898. The second kappa shape index (κ2) is 6.34. The molecule has 1 aromatic carbocycles. The molecule has 1 amide bonds. The summed E-state index contributed by atoms with van der Waals surface area (Å²) in [5.41, 5.74) is 1.39. The van der Waals surface area contributed by atoms with Crippen LogP contribution >= 0.6 is 0 Å². The van der Waals surface area contributed by atoms with Crippen LogP contribution < -0.4 is 10.6 Å². The molecule has 2 rings (SSSR count). The highest BCUT2D eigenvalue weighted by Gasteiger charge is 2.46. The number of alkyl halides is 3. The highest BCUT2D eigenvalue weighted by atomic mass is 19.4. The maximum Gasteiger partial charge on any atom is 0.404 e. The lowest BCUT2D eigenvalue weighted by Crippen LogP contribution is -2.44. The fraction of sp³-hybridized carbons (Fsp3) is 0.500. The van der Waals surface area contributed by atoms with Gasteiger partial charge in [-0.2, -0.15) is 13.2 Å². The first kappa shape index (κ1) is 15.6. The molecule has 1 aromatic rings. The van der Waals surface area contributed by atoms with Crippen molar-refractivity contribution in [2.24, 2.45) is 0 Å². The normalized spacial score (nSPS) is 19.5. The van der Waals surface area contributed by atoms with Gasteiger partial charge in [0.1, 0.15) is 6.04 Å². The van der Waals surface area contributed by atoms with Gasteiger partial charge in [0.25, 0.3) is 0 Å². The van der Waals surface area contributed by atoms with Crippen molar-refractivity contribution in [3.8, 4) is 0 Å². The van der Waals surface area contributed by atoms with Gasteiger partial charge in [-0.25, -0.2) is 0 Å². The number of anilines is 2. The van der Waals surface area contributed by atoms with E-state index in [1.807, 2.05) is 6.07 Å². The van der Waals surface area contributed by atoms with Crippen LogP contribution in [0, 0.1) is 0 Å². The largest absolute Gasteiger partial charge is 0.404 e. The molecule has 21 heavy (non-hydrogen) atoms. The molecule has 0 aromatic heterocycles. The molecule has 116 valence electrons. The van der Waals surface area contributed by atoms with E-state index in [4.69, 9.17) is 0 Å². The van der Waals surface area contributed by atoms with Crippen molar-refractivity contribution in [1.82, 2.24) is 4.90 Å². The van der Waals surface area contributed by atoms with Crippen LogP contribution in [0.4, 0.5) is 24.5 Å². The summed E-state index contributed by atoms with van der Waals surface area (Å²) in [6.45, 7) is 0.0576. The number of rotatable bonds is 4. The molecule has 2 N–H and O–H groups in total. The fourth-order valence-corrected chi connectivity index (χ4v) is 2.52. The van der Waals surface area contributed by atoms with Crippen molar-refractivity contribution in [3.05, 3.63) is 24.3 Å². The van der Waals surface area contributed by atoms with E-state index < -0.39 is 18.1 Å². The van der Waals surface area contributed by atoms with Gasteiger partial charge in [-0.1, -0.05) is 6.07 Å². The van der Waals surface area contributed by atoms with Crippen molar-refractivity contribution >= 4 is 17.3 Å². The Hall–Kier alpha value is -1.76. The van der Waals surface area contributed by atoms with Gasteiger partial charge in [0.15, 0.2) is 0 Å². The molecular formula is C14H18F3N3O. The molecule has 1 heterocycles. The third-order valence-electron chi connectivity index (χ3n) is 3.52. The molecule has 1 fully saturated rings. The predicted molar refractivity (Wildman–Crippen MR) is 75.3 cm³/mol. The molecule has 1 unspecified atom stereocenters. The van der Waals surface area contributed by atoms with Crippen molar-refractivity contribution in [2.45, 2.75) is 25.1 Å². The minimum atomic E-state index is -4.27. The zero-order chi connectivity index (χ0) is 15.5. The lowest BCUT2D eigenvalue weighted by atomic mass is 10.2. The second-order valence-corrected chi connectivity index (χ2v) is 5.05. The Kier molecular flexibility index (Phi) is 4.72. The molecule has 7 heteroatoms. The lowest BCUT2D eigenvalue weighted by molar-refractivity contribution is -0.176. The molecule has 0 spiro atoms. The van der Waals surface area contributed by atoms with Crippen molar-refractivity contribution in [1.29, 1.82) is 0 Å². The number of carbonyl (C=O) groups is 1. The molecule has 0 aliphatic carbocycles. The Bertz CT molecular complexity index is 504. The van der Waals surface area contributed by atoms with E-state index in [1.165, 1.54) is 4.90 Å². The Labute approximate surface area is 121 Å². The van der Waals surface area contributed by atoms with Crippen LogP contribution in [0.3, 0.4) is 0 Å². The number of amides is 1. The first-order chi connectivity index (χ1) is 9.90. The first-order valence-corrected chi connectivity index (χ1v) is 6.78. The topological polar surface area (TPSA) is 44.4 Å². The molecule has 1 aliphatic rings. The van der Waals surface area contributed by atoms with Crippen LogP contribution in [0.2, 0.25) is 0 Å². The van der Waals surface area contributed by atoms with Crippen LogP contribution in [-0.2, 0) is 4.79 Å². The molecule has 0 bridgehead atoms. The van der Waals surface area contributed by atoms with Crippen LogP contribution in [0.1, 0.15) is 12.8 Å². The molecule has 0 saturated carbocycles. The van der Waals surface area contributed by atoms with Crippen LogP contribution in [0.5, 0.6) is 0 Å². The average molecular weight is 301 g/mol. The predicted octanol–water partition coefficient (Wildman–Crippen LogP) is 2.69. The minimum absolute atomic E-state index is 0.0615. The second-order valence-electron chi connectivity index (χ2n) is 5.05. The van der Waals surface area contributed by atoms with E-state index in [9.17, 15) is 18.0 Å². The number of hydrogen-bond acceptors (Lipinski definition) is 3. The van der Waals surface area contributed by atoms with Crippen molar-refractivity contribution in [3.63, 3.8) is 0 Å². The van der Waals surface area contributed by atoms with Gasteiger partial charge in [0.05, 0.1) is 6.54 Å². The van der Waals surface area contributed by atoms with E-state index in [0.717, 1.165) is 5.69 Å². The van der Waals surface area contributed by atoms with Gasteiger partial charge in [0.2, 0.25) is 5.91 Å². The van der Waals surface area contributed by atoms with Gasteiger partial charge < -0.3 is 10.6 Å². The van der Waals surface area contributed by atoms with E-state index >= 15 is 0 Å². The molecule has 1 saturated heterocycles. The van der Waals surface area contributed by atoms with Crippen molar-refractivity contribution < 1.29 is 18.0 Å². The van der Waals surface area contributed by atoms with Gasteiger partial charge in [0, 0.05) is 18.4 Å². The Morgan fingerprint density at radius 3 is 2.76 bits per heavy atom. The Morgan fingerprint density at radius 2 is 2.10 bits per heavy atom. The highest BCUT2D eigenvalue weighted by molar-refractivity contribution is 5.92. The molecule has 1 aliphatic heterocycles. The maximum atomic E-state index is 12.8. The lowest BCUT2D eigenvalue weighted by Gasteiger charge is -2.25. The summed E-state index contributed by atoms with van der Waals surface area (Å²) >= 11 is 0. The van der Waals surface area contributed by atoms with Gasteiger partial charge >= 0.3 is 6.18 Å². The van der Waals surface area contributed by atoms with Crippen LogP contribution in [-0.4, -0.2) is 43.2 Å².